The van der Waals surface area contributed by atoms with Gasteiger partial charge in [-0.15, -0.1) is 0 Å². The Morgan fingerprint density at radius 3 is 2.65 bits per heavy atom. The highest BCUT2D eigenvalue weighted by molar-refractivity contribution is 7.89. The number of nitro benzene ring substituents is 1. The number of rotatable bonds is 6. The molecule has 140 valence electrons. The molecule has 1 aliphatic heterocycles. The summed E-state index contributed by atoms with van der Waals surface area (Å²) in [4.78, 5) is 14.8. The molecule has 1 unspecified atom stereocenters. The Morgan fingerprint density at radius 1 is 1.31 bits per heavy atom. The van der Waals surface area contributed by atoms with E-state index in [1.165, 1.54) is 22.8 Å². The highest BCUT2D eigenvalue weighted by Crippen LogP contribution is 2.31. The van der Waals surface area contributed by atoms with Gasteiger partial charge < -0.3 is 5.32 Å². The molecule has 0 bridgehead atoms. The third-order valence-corrected chi connectivity index (χ3v) is 6.23. The minimum Gasteiger partial charge on any atom is -0.370 e. The Kier molecular flexibility index (Phi) is 5.18. The Balaban J connectivity index is 1.90. The molecule has 1 aromatic heterocycles. The Hall–Kier alpha value is -2.53. The van der Waals surface area contributed by atoms with E-state index >= 15 is 0 Å². The zero-order valence-corrected chi connectivity index (χ0v) is 15.1. The highest BCUT2D eigenvalue weighted by Gasteiger charge is 2.29. The normalized spacial score (nSPS) is 17.0. The maximum atomic E-state index is 12.7. The van der Waals surface area contributed by atoms with Crippen LogP contribution in [0.3, 0.4) is 0 Å². The van der Waals surface area contributed by atoms with Gasteiger partial charge in [0.1, 0.15) is 17.8 Å². The van der Waals surface area contributed by atoms with Gasteiger partial charge in [-0.1, -0.05) is 6.42 Å². The second-order valence-electron chi connectivity index (χ2n) is 6.14. The number of nitro groups is 1. The van der Waals surface area contributed by atoms with Gasteiger partial charge in [-0.25, -0.2) is 13.4 Å². The van der Waals surface area contributed by atoms with E-state index in [1.807, 2.05) is 0 Å². The fraction of sp³-hybridized carbons (Fsp3) is 0.467. The average molecular weight is 380 g/mol. The molecule has 10 nitrogen and oxygen atoms in total. The van der Waals surface area contributed by atoms with Gasteiger partial charge in [0.2, 0.25) is 10.0 Å². The molecule has 1 atom stereocenters. The number of anilines is 1. The average Bonchev–Trinajstić information content (AvgIpc) is 3.17. The van der Waals surface area contributed by atoms with Gasteiger partial charge in [-0.2, -0.15) is 9.40 Å². The minimum atomic E-state index is -3.73. The van der Waals surface area contributed by atoms with Crippen LogP contribution in [0.4, 0.5) is 11.4 Å². The van der Waals surface area contributed by atoms with Crippen molar-refractivity contribution >= 4 is 21.4 Å². The molecule has 1 saturated heterocycles. The number of nitrogens with zero attached hydrogens (tertiary/aromatic N) is 4. The van der Waals surface area contributed by atoms with Crippen LogP contribution in [0, 0.1) is 10.1 Å². The molecule has 3 rings (SSSR count). The third kappa shape index (κ3) is 3.68. The summed E-state index contributed by atoms with van der Waals surface area (Å²) >= 11 is 0. The topological polar surface area (TPSA) is 134 Å². The van der Waals surface area contributed by atoms with Gasteiger partial charge in [-0.05, 0) is 31.9 Å². The SMILES string of the molecule is CC(Nc1ccc(S(=O)(=O)N2CCCCC2)cc1[N+](=O)[O-])c1ncn[nH]1. The van der Waals surface area contributed by atoms with Crippen molar-refractivity contribution in [2.75, 3.05) is 18.4 Å². The number of hydrogen-bond donors (Lipinski definition) is 2. The van der Waals surface area contributed by atoms with E-state index in [-0.39, 0.29) is 22.3 Å². The van der Waals surface area contributed by atoms with E-state index in [0.29, 0.717) is 18.9 Å². The van der Waals surface area contributed by atoms with Crippen molar-refractivity contribution in [1.82, 2.24) is 19.5 Å². The molecular weight excluding hydrogens is 360 g/mol. The molecule has 0 amide bonds. The standard InChI is InChI=1S/C15H20N6O4S/c1-11(15-16-10-17-19-15)18-13-6-5-12(9-14(13)21(22)23)26(24,25)20-7-3-2-4-8-20/h5-6,9-11,18H,2-4,7-8H2,1H3,(H,16,17,19). The first-order valence-electron chi connectivity index (χ1n) is 8.30. The van der Waals surface area contributed by atoms with E-state index in [0.717, 1.165) is 25.3 Å². The van der Waals surface area contributed by atoms with Gasteiger partial charge in [0.15, 0.2) is 0 Å². The van der Waals surface area contributed by atoms with Crippen LogP contribution in [0.5, 0.6) is 0 Å². The van der Waals surface area contributed by atoms with Crippen LogP contribution in [0.1, 0.15) is 38.1 Å². The van der Waals surface area contributed by atoms with Crippen LogP contribution in [-0.2, 0) is 10.0 Å². The Labute approximate surface area is 150 Å². The van der Waals surface area contributed by atoms with E-state index in [2.05, 4.69) is 20.5 Å². The van der Waals surface area contributed by atoms with Crippen molar-refractivity contribution in [3.8, 4) is 0 Å². The predicted molar refractivity (Wildman–Crippen MR) is 94.1 cm³/mol. The predicted octanol–water partition coefficient (Wildman–Crippen LogP) is 2.06. The first-order chi connectivity index (χ1) is 12.4. The molecule has 11 heteroatoms. The van der Waals surface area contributed by atoms with Crippen molar-refractivity contribution in [3.63, 3.8) is 0 Å². The smallest absolute Gasteiger partial charge is 0.293 e. The summed E-state index contributed by atoms with van der Waals surface area (Å²) in [6.45, 7) is 2.65. The van der Waals surface area contributed by atoms with Crippen LogP contribution in [0.15, 0.2) is 29.4 Å². The lowest BCUT2D eigenvalue weighted by atomic mass is 10.2. The molecule has 1 fully saturated rings. The van der Waals surface area contributed by atoms with Crippen molar-refractivity contribution in [3.05, 3.63) is 40.5 Å². The number of piperidine rings is 1. The van der Waals surface area contributed by atoms with Crippen LogP contribution in [-0.4, -0.2) is 45.9 Å². The van der Waals surface area contributed by atoms with Crippen molar-refractivity contribution in [2.24, 2.45) is 0 Å². The molecule has 2 heterocycles. The molecule has 0 radical (unpaired) electrons. The molecular formula is C15H20N6O4S. The summed E-state index contributed by atoms with van der Waals surface area (Å²) in [5.74, 6) is 0.518. The van der Waals surface area contributed by atoms with Crippen molar-refractivity contribution in [1.29, 1.82) is 0 Å². The van der Waals surface area contributed by atoms with Crippen molar-refractivity contribution < 1.29 is 13.3 Å². The van der Waals surface area contributed by atoms with Crippen LogP contribution in [0.25, 0.3) is 0 Å². The first kappa shape index (κ1) is 18.3. The lowest BCUT2D eigenvalue weighted by Gasteiger charge is -2.26. The molecule has 1 aromatic carbocycles. The fourth-order valence-electron chi connectivity index (χ4n) is 2.92. The number of benzene rings is 1. The molecule has 0 saturated carbocycles. The summed E-state index contributed by atoms with van der Waals surface area (Å²) in [7, 11) is -3.73. The Bertz CT molecular complexity index is 878. The van der Waals surface area contributed by atoms with Gasteiger partial charge in [0.05, 0.1) is 15.9 Å². The van der Waals surface area contributed by atoms with E-state index in [4.69, 9.17) is 0 Å². The first-order valence-corrected chi connectivity index (χ1v) is 9.74. The number of nitrogens with one attached hydrogen (secondary N) is 2. The number of H-pyrrole nitrogens is 1. The second kappa shape index (κ2) is 7.38. The third-order valence-electron chi connectivity index (χ3n) is 4.33. The maximum absolute atomic E-state index is 12.7. The molecule has 1 aliphatic rings. The van der Waals surface area contributed by atoms with Gasteiger partial charge in [-0.3, -0.25) is 15.2 Å². The van der Waals surface area contributed by atoms with Gasteiger partial charge in [0, 0.05) is 19.2 Å². The van der Waals surface area contributed by atoms with Crippen LogP contribution >= 0.6 is 0 Å². The number of hydrogen-bond acceptors (Lipinski definition) is 7. The zero-order chi connectivity index (χ0) is 18.7. The number of sulfonamides is 1. The fourth-order valence-corrected chi connectivity index (χ4v) is 4.46. The van der Waals surface area contributed by atoms with Crippen LogP contribution < -0.4 is 5.32 Å². The van der Waals surface area contributed by atoms with Crippen LogP contribution in [0.2, 0.25) is 0 Å². The quantitative estimate of drug-likeness (QED) is 0.578. The highest BCUT2D eigenvalue weighted by atomic mass is 32.2. The van der Waals surface area contributed by atoms with Crippen molar-refractivity contribution in [2.45, 2.75) is 37.1 Å². The number of aromatic amines is 1. The molecule has 2 N–H and O–H groups in total. The van der Waals surface area contributed by atoms with E-state index < -0.39 is 14.9 Å². The monoisotopic (exact) mass is 380 g/mol. The molecule has 0 aliphatic carbocycles. The van der Waals surface area contributed by atoms with E-state index in [1.54, 1.807) is 6.92 Å². The van der Waals surface area contributed by atoms with Gasteiger partial charge in [0.25, 0.3) is 5.69 Å². The lowest BCUT2D eigenvalue weighted by Crippen LogP contribution is -2.35. The maximum Gasteiger partial charge on any atom is 0.293 e. The summed E-state index contributed by atoms with van der Waals surface area (Å²) in [5.41, 5.74) is -0.0778. The van der Waals surface area contributed by atoms with Gasteiger partial charge >= 0.3 is 0 Å². The minimum absolute atomic E-state index is 0.0658. The molecule has 26 heavy (non-hydrogen) atoms. The largest absolute Gasteiger partial charge is 0.370 e. The second-order valence-corrected chi connectivity index (χ2v) is 8.08. The van der Waals surface area contributed by atoms with E-state index in [9.17, 15) is 18.5 Å². The molecule has 2 aromatic rings. The summed E-state index contributed by atoms with van der Waals surface area (Å²) < 4.78 is 26.9. The summed E-state index contributed by atoms with van der Waals surface area (Å²) in [5, 5.41) is 20.9. The number of aromatic nitrogens is 3. The molecule has 0 spiro atoms. The lowest BCUT2D eigenvalue weighted by molar-refractivity contribution is -0.384. The summed E-state index contributed by atoms with van der Waals surface area (Å²) in [6, 6.07) is 3.56. The zero-order valence-electron chi connectivity index (χ0n) is 14.3. The Morgan fingerprint density at radius 2 is 2.04 bits per heavy atom. The summed E-state index contributed by atoms with van der Waals surface area (Å²) in [6.07, 6.45) is 3.94.